The molecule has 1 heterocycles. The average Bonchev–Trinajstić information content (AvgIpc) is 2.99. The van der Waals surface area contributed by atoms with Gasteiger partial charge in [0.15, 0.2) is 0 Å². The summed E-state index contributed by atoms with van der Waals surface area (Å²) >= 11 is 1.59. The fourth-order valence-corrected chi connectivity index (χ4v) is 3.14. The minimum Gasteiger partial charge on any atom is -0.369 e. The minimum atomic E-state index is 0.0698. The predicted octanol–water partition coefficient (Wildman–Crippen LogP) is 1.45. The molecule has 1 saturated carbocycles. The van der Waals surface area contributed by atoms with Gasteiger partial charge in [0.05, 0.1) is 5.69 Å². The molecule has 0 aliphatic heterocycles. The molecule has 6 heteroatoms. The van der Waals surface area contributed by atoms with Gasteiger partial charge in [0.25, 0.3) is 0 Å². The predicted molar refractivity (Wildman–Crippen MR) is 70.9 cm³/mol. The third-order valence-electron chi connectivity index (χ3n) is 3.40. The van der Waals surface area contributed by atoms with Gasteiger partial charge in [-0.3, -0.25) is 9.69 Å². The van der Waals surface area contributed by atoms with Crippen LogP contribution in [0.3, 0.4) is 0 Å². The smallest absolute Gasteiger partial charge is 0.232 e. The van der Waals surface area contributed by atoms with E-state index < -0.39 is 0 Å². The normalized spacial score (nSPS) is 18.8. The summed E-state index contributed by atoms with van der Waals surface area (Å²) in [5.41, 5.74) is 7.01. The van der Waals surface area contributed by atoms with Gasteiger partial charge in [-0.1, -0.05) is 11.3 Å². The van der Waals surface area contributed by atoms with Crippen LogP contribution in [0.25, 0.3) is 0 Å². The molecule has 0 saturated heterocycles. The first-order valence-electron chi connectivity index (χ1n) is 6.25. The highest BCUT2D eigenvalue weighted by atomic mass is 32.1. The zero-order valence-electron chi connectivity index (χ0n) is 10.3. The average molecular weight is 264 g/mol. The zero-order chi connectivity index (χ0) is 12.7. The molecule has 3 rings (SSSR count). The van der Waals surface area contributed by atoms with Crippen LogP contribution in [0.2, 0.25) is 0 Å². The number of carbonyl (C=O) groups excluding carboxylic acids is 1. The first-order chi connectivity index (χ1) is 8.65. The number of nitrogens with zero attached hydrogens (tertiary/aromatic N) is 3. The van der Waals surface area contributed by atoms with Crippen LogP contribution in [0.4, 0.5) is 5.13 Å². The molecular formula is C12H16N4OS. The maximum Gasteiger partial charge on any atom is 0.232 e. The number of thiazole rings is 1. The maximum absolute atomic E-state index is 11.8. The fraction of sp³-hybridized carbons (Fsp3) is 0.583. The van der Waals surface area contributed by atoms with Gasteiger partial charge in [-0.15, -0.1) is 0 Å². The number of aliphatic imine (C=N–C) groups is 1. The Balaban J connectivity index is 1.75. The summed E-state index contributed by atoms with van der Waals surface area (Å²) in [6.07, 6.45) is 5.27. The summed E-state index contributed by atoms with van der Waals surface area (Å²) in [5.74, 6) is 0.477. The van der Waals surface area contributed by atoms with Crippen LogP contribution in [0.5, 0.6) is 0 Å². The molecule has 0 unspecified atom stereocenters. The monoisotopic (exact) mass is 264 g/mol. The Labute approximate surface area is 110 Å². The zero-order valence-corrected chi connectivity index (χ0v) is 11.2. The van der Waals surface area contributed by atoms with Gasteiger partial charge >= 0.3 is 0 Å². The van der Waals surface area contributed by atoms with Crippen molar-refractivity contribution in [2.75, 3.05) is 7.05 Å². The van der Waals surface area contributed by atoms with Gasteiger partial charge in [0.1, 0.15) is 0 Å². The number of hydrogen-bond donors (Lipinski definition) is 1. The topological polar surface area (TPSA) is 71.6 Å². The second-order valence-electron chi connectivity index (χ2n) is 4.86. The molecule has 96 valence electrons. The van der Waals surface area contributed by atoms with Gasteiger partial charge < -0.3 is 5.73 Å². The van der Waals surface area contributed by atoms with Gasteiger partial charge in [-0.2, -0.15) is 4.99 Å². The molecule has 2 aliphatic carbocycles. The Kier molecular flexibility index (Phi) is 2.81. The number of nitrogens with two attached hydrogens (primary N) is 1. The van der Waals surface area contributed by atoms with Crippen molar-refractivity contribution >= 4 is 28.3 Å². The van der Waals surface area contributed by atoms with Crippen molar-refractivity contribution < 1.29 is 4.79 Å². The number of amides is 1. The minimum absolute atomic E-state index is 0.0698. The SMILES string of the molecule is CN(C(=O)C1CC1)C(N)=Nc1nc2c(s1)CCC2. The molecule has 5 nitrogen and oxygen atoms in total. The van der Waals surface area contributed by atoms with E-state index in [1.54, 1.807) is 18.4 Å². The van der Waals surface area contributed by atoms with Gasteiger partial charge in [0.2, 0.25) is 17.0 Å². The van der Waals surface area contributed by atoms with Crippen molar-refractivity contribution in [3.63, 3.8) is 0 Å². The van der Waals surface area contributed by atoms with Crippen molar-refractivity contribution in [3.8, 4) is 0 Å². The number of hydrogen-bond acceptors (Lipinski definition) is 4. The van der Waals surface area contributed by atoms with Gasteiger partial charge in [-0.25, -0.2) is 4.98 Å². The lowest BCUT2D eigenvalue weighted by Crippen LogP contribution is -2.39. The number of carbonyl (C=O) groups is 1. The summed E-state index contributed by atoms with van der Waals surface area (Å²) in [7, 11) is 1.68. The lowest BCUT2D eigenvalue weighted by Gasteiger charge is -2.14. The molecular weight excluding hydrogens is 248 g/mol. The third-order valence-corrected chi connectivity index (χ3v) is 4.45. The van der Waals surface area contributed by atoms with E-state index in [4.69, 9.17) is 5.73 Å². The third kappa shape index (κ3) is 2.12. The number of aryl methyl sites for hydroxylation is 2. The number of guanidine groups is 1. The lowest BCUT2D eigenvalue weighted by molar-refractivity contribution is -0.127. The number of rotatable bonds is 2. The summed E-state index contributed by atoms with van der Waals surface area (Å²) in [5, 5.41) is 0.674. The van der Waals surface area contributed by atoms with Crippen LogP contribution in [0, 0.1) is 5.92 Å². The van der Waals surface area contributed by atoms with E-state index in [1.165, 1.54) is 16.2 Å². The van der Waals surface area contributed by atoms with E-state index in [-0.39, 0.29) is 17.8 Å². The molecule has 1 fully saturated rings. The molecule has 18 heavy (non-hydrogen) atoms. The van der Waals surface area contributed by atoms with Crippen LogP contribution < -0.4 is 5.73 Å². The fourth-order valence-electron chi connectivity index (χ4n) is 2.11. The largest absolute Gasteiger partial charge is 0.369 e. The van der Waals surface area contributed by atoms with Gasteiger partial charge in [0, 0.05) is 17.8 Å². The summed E-state index contributed by atoms with van der Waals surface area (Å²) < 4.78 is 0. The highest BCUT2D eigenvalue weighted by Crippen LogP contribution is 2.33. The molecule has 2 N–H and O–H groups in total. The van der Waals surface area contributed by atoms with Crippen molar-refractivity contribution in [2.24, 2.45) is 16.6 Å². The molecule has 0 bridgehead atoms. The van der Waals surface area contributed by atoms with Crippen molar-refractivity contribution in [2.45, 2.75) is 32.1 Å². The van der Waals surface area contributed by atoms with E-state index in [9.17, 15) is 4.79 Å². The number of fused-ring (bicyclic) bond motifs is 1. The second kappa shape index (κ2) is 4.35. The first kappa shape index (κ1) is 11.6. The summed E-state index contributed by atoms with van der Waals surface area (Å²) in [4.78, 5) is 23.3. The van der Waals surface area contributed by atoms with E-state index in [0.717, 1.165) is 31.4 Å². The molecule has 1 amide bonds. The van der Waals surface area contributed by atoms with Crippen LogP contribution in [0.1, 0.15) is 29.8 Å². The van der Waals surface area contributed by atoms with Crippen molar-refractivity contribution in [3.05, 3.63) is 10.6 Å². The Morgan fingerprint density at radius 1 is 1.50 bits per heavy atom. The highest BCUT2D eigenvalue weighted by molar-refractivity contribution is 7.15. The Bertz CT molecular complexity index is 497. The molecule has 1 aromatic heterocycles. The summed E-state index contributed by atoms with van der Waals surface area (Å²) in [6.45, 7) is 0. The molecule has 0 atom stereocenters. The van der Waals surface area contributed by atoms with Crippen molar-refractivity contribution in [1.29, 1.82) is 0 Å². The standard InChI is InChI=1S/C12H16N4OS/c1-16(10(17)7-5-6-7)11(13)15-12-14-8-3-2-4-9(8)18-12/h7H,2-6H2,1H3,(H2,13,14,15). The maximum atomic E-state index is 11.8. The van der Waals surface area contributed by atoms with Crippen LogP contribution >= 0.6 is 11.3 Å². The van der Waals surface area contributed by atoms with E-state index in [1.807, 2.05) is 0 Å². The Morgan fingerprint density at radius 2 is 2.28 bits per heavy atom. The van der Waals surface area contributed by atoms with E-state index in [2.05, 4.69) is 9.98 Å². The van der Waals surface area contributed by atoms with Crippen LogP contribution in [-0.2, 0) is 17.6 Å². The Hall–Kier alpha value is -1.43. The number of aromatic nitrogens is 1. The summed E-state index contributed by atoms with van der Waals surface area (Å²) in [6, 6.07) is 0. The van der Waals surface area contributed by atoms with E-state index >= 15 is 0 Å². The molecule has 0 radical (unpaired) electrons. The lowest BCUT2D eigenvalue weighted by atomic mass is 10.4. The van der Waals surface area contributed by atoms with Crippen LogP contribution in [-0.4, -0.2) is 28.8 Å². The van der Waals surface area contributed by atoms with Gasteiger partial charge in [-0.05, 0) is 32.1 Å². The second-order valence-corrected chi connectivity index (χ2v) is 5.92. The molecule has 1 aromatic rings. The molecule has 2 aliphatic rings. The van der Waals surface area contributed by atoms with Crippen LogP contribution in [0.15, 0.2) is 4.99 Å². The highest BCUT2D eigenvalue weighted by Gasteiger charge is 2.33. The quantitative estimate of drug-likeness (QED) is 0.649. The molecule has 0 aromatic carbocycles. The van der Waals surface area contributed by atoms with E-state index in [0.29, 0.717) is 5.13 Å². The first-order valence-corrected chi connectivity index (χ1v) is 7.07. The Morgan fingerprint density at radius 3 is 2.94 bits per heavy atom. The molecule has 0 spiro atoms. The van der Waals surface area contributed by atoms with Crippen molar-refractivity contribution in [1.82, 2.24) is 9.88 Å².